The number of para-hydroxylation sites is 1. The number of hydrogen-bond acceptors (Lipinski definition) is 1. The van der Waals surface area contributed by atoms with Crippen LogP contribution in [-0.4, -0.2) is 5.87 Å². The second-order valence-corrected chi connectivity index (χ2v) is 3.40. The van der Waals surface area contributed by atoms with Crippen LogP contribution in [0.2, 0.25) is 0 Å². The Bertz CT molecular complexity index is 316. The first-order chi connectivity index (χ1) is 6.20. The summed E-state index contributed by atoms with van der Waals surface area (Å²) in [4.78, 5) is 4.24. The third-order valence-electron chi connectivity index (χ3n) is 1.98. The van der Waals surface area contributed by atoms with Crippen molar-refractivity contribution in [1.82, 2.24) is 0 Å². The summed E-state index contributed by atoms with van der Waals surface area (Å²) >= 11 is 0. The molecule has 1 rings (SSSR count). The monoisotopic (exact) mass is 173 g/mol. The van der Waals surface area contributed by atoms with E-state index in [9.17, 15) is 0 Å². The fourth-order valence-electron chi connectivity index (χ4n) is 0.784. The zero-order valence-electron chi connectivity index (χ0n) is 8.41. The zero-order chi connectivity index (χ0) is 9.68. The number of benzene rings is 1. The molecule has 1 aromatic carbocycles. The average molecular weight is 173 g/mol. The van der Waals surface area contributed by atoms with Gasteiger partial charge in [-0.1, -0.05) is 32.0 Å². The first kappa shape index (κ1) is 9.76. The summed E-state index contributed by atoms with van der Waals surface area (Å²) in [6, 6.07) is 9.88. The first-order valence-corrected chi connectivity index (χ1v) is 4.55. The third kappa shape index (κ3) is 3.27. The van der Waals surface area contributed by atoms with Crippen LogP contribution in [0.1, 0.15) is 20.8 Å². The molecule has 0 fully saturated rings. The highest BCUT2D eigenvalue weighted by Gasteiger charge is 1.93. The highest BCUT2D eigenvalue weighted by molar-refractivity contribution is 5.62. The molecule has 0 saturated carbocycles. The molecule has 1 heteroatoms. The molecular formula is C12H15N. The van der Waals surface area contributed by atoms with Crippen LogP contribution in [0, 0.1) is 5.92 Å². The number of nitrogens with zero attached hydrogens (tertiary/aromatic N) is 1. The van der Waals surface area contributed by atoms with Gasteiger partial charge < -0.3 is 0 Å². The van der Waals surface area contributed by atoms with Crippen LogP contribution in [0.5, 0.6) is 0 Å². The number of aliphatic imine (C=N–C) groups is 1. The SMILES string of the molecule is CC(=C=Nc1ccccc1)C(C)C. The van der Waals surface area contributed by atoms with Gasteiger partial charge in [0.25, 0.3) is 0 Å². The van der Waals surface area contributed by atoms with E-state index in [0.717, 1.165) is 5.69 Å². The Labute approximate surface area is 79.8 Å². The van der Waals surface area contributed by atoms with Crippen LogP contribution >= 0.6 is 0 Å². The molecule has 0 N–H and O–H groups in total. The van der Waals surface area contributed by atoms with Crippen molar-refractivity contribution in [2.24, 2.45) is 10.9 Å². The second kappa shape index (κ2) is 4.64. The van der Waals surface area contributed by atoms with Crippen molar-refractivity contribution >= 4 is 11.6 Å². The van der Waals surface area contributed by atoms with Gasteiger partial charge in [-0.2, -0.15) is 0 Å². The molecule has 0 aliphatic heterocycles. The summed E-state index contributed by atoms with van der Waals surface area (Å²) in [5.74, 6) is 3.56. The lowest BCUT2D eigenvalue weighted by molar-refractivity contribution is 0.780. The fourth-order valence-corrected chi connectivity index (χ4v) is 0.784. The van der Waals surface area contributed by atoms with Gasteiger partial charge in [0, 0.05) is 0 Å². The Balaban J connectivity index is 2.85. The maximum Gasteiger partial charge on any atom is 0.0729 e. The van der Waals surface area contributed by atoms with Crippen molar-refractivity contribution in [2.45, 2.75) is 20.8 Å². The quantitative estimate of drug-likeness (QED) is 0.606. The van der Waals surface area contributed by atoms with Crippen LogP contribution in [0.25, 0.3) is 0 Å². The molecule has 1 aromatic rings. The van der Waals surface area contributed by atoms with E-state index >= 15 is 0 Å². The highest BCUT2D eigenvalue weighted by atomic mass is 14.7. The molecular weight excluding hydrogens is 158 g/mol. The number of rotatable bonds is 2. The van der Waals surface area contributed by atoms with Gasteiger partial charge in [-0.25, -0.2) is 4.99 Å². The molecule has 0 atom stereocenters. The van der Waals surface area contributed by atoms with Crippen LogP contribution in [0.15, 0.2) is 40.9 Å². The summed E-state index contributed by atoms with van der Waals surface area (Å²) < 4.78 is 0. The van der Waals surface area contributed by atoms with Crippen molar-refractivity contribution in [3.63, 3.8) is 0 Å². The minimum Gasteiger partial charge on any atom is -0.206 e. The molecule has 0 amide bonds. The van der Waals surface area contributed by atoms with E-state index in [2.05, 4.69) is 31.6 Å². The molecule has 68 valence electrons. The second-order valence-electron chi connectivity index (χ2n) is 3.40. The van der Waals surface area contributed by atoms with Crippen LogP contribution in [0.3, 0.4) is 0 Å². The lowest BCUT2D eigenvalue weighted by Crippen LogP contribution is -1.87. The molecule has 0 heterocycles. The summed E-state index contributed by atoms with van der Waals surface area (Å²) in [6.07, 6.45) is 0. The molecule has 0 aliphatic carbocycles. The minimum absolute atomic E-state index is 0.521. The molecule has 0 spiro atoms. The van der Waals surface area contributed by atoms with Crippen molar-refractivity contribution in [2.75, 3.05) is 0 Å². The van der Waals surface area contributed by atoms with E-state index in [0.29, 0.717) is 5.92 Å². The van der Waals surface area contributed by atoms with E-state index in [1.54, 1.807) is 0 Å². The van der Waals surface area contributed by atoms with Gasteiger partial charge >= 0.3 is 0 Å². The maximum absolute atomic E-state index is 4.24. The fraction of sp³-hybridized carbons (Fsp3) is 0.333. The Morgan fingerprint density at radius 2 is 1.85 bits per heavy atom. The Kier molecular flexibility index (Phi) is 3.48. The molecule has 0 unspecified atom stereocenters. The van der Waals surface area contributed by atoms with Gasteiger partial charge in [0.1, 0.15) is 0 Å². The molecule has 0 aliphatic rings. The lowest BCUT2D eigenvalue weighted by atomic mass is 10.1. The smallest absolute Gasteiger partial charge is 0.0729 e. The summed E-state index contributed by atoms with van der Waals surface area (Å²) in [5.41, 5.74) is 2.14. The minimum atomic E-state index is 0.521. The van der Waals surface area contributed by atoms with Gasteiger partial charge in [0.05, 0.1) is 5.69 Å². The zero-order valence-corrected chi connectivity index (χ0v) is 8.41. The Morgan fingerprint density at radius 3 is 2.38 bits per heavy atom. The van der Waals surface area contributed by atoms with Crippen molar-refractivity contribution < 1.29 is 0 Å². The topological polar surface area (TPSA) is 12.4 Å². The Hall–Kier alpha value is -1.33. The van der Waals surface area contributed by atoms with Gasteiger partial charge in [-0.3, -0.25) is 0 Å². The van der Waals surface area contributed by atoms with Crippen molar-refractivity contribution in [1.29, 1.82) is 0 Å². The van der Waals surface area contributed by atoms with Crippen molar-refractivity contribution in [3.8, 4) is 0 Å². The standard InChI is InChI=1S/C12H15N/c1-10(2)11(3)9-13-12-7-5-4-6-8-12/h4-8,10H,1-3H3. The van der Waals surface area contributed by atoms with E-state index in [4.69, 9.17) is 0 Å². The Morgan fingerprint density at radius 1 is 1.23 bits per heavy atom. The van der Waals surface area contributed by atoms with E-state index in [1.165, 1.54) is 5.57 Å². The highest BCUT2D eigenvalue weighted by Crippen LogP contribution is 2.09. The number of hydrogen-bond donors (Lipinski definition) is 0. The number of allylic oxidation sites excluding steroid dienone is 1. The summed E-state index contributed by atoms with van der Waals surface area (Å²) in [6.45, 7) is 6.34. The maximum atomic E-state index is 4.24. The average Bonchev–Trinajstić information content (AvgIpc) is 2.15. The molecule has 0 aromatic heterocycles. The lowest BCUT2D eigenvalue weighted by Gasteiger charge is -1.98. The van der Waals surface area contributed by atoms with Gasteiger partial charge in [-0.15, -0.1) is 0 Å². The molecule has 1 nitrogen and oxygen atoms in total. The normalized spacial score (nSPS) is 9.54. The van der Waals surface area contributed by atoms with Gasteiger partial charge in [0.2, 0.25) is 0 Å². The largest absolute Gasteiger partial charge is 0.206 e. The predicted octanol–water partition coefficient (Wildman–Crippen LogP) is 3.59. The van der Waals surface area contributed by atoms with E-state index < -0.39 is 0 Å². The molecule has 0 bridgehead atoms. The van der Waals surface area contributed by atoms with Gasteiger partial charge in [0.15, 0.2) is 0 Å². The van der Waals surface area contributed by atoms with Crippen LogP contribution in [0.4, 0.5) is 5.69 Å². The molecule has 13 heavy (non-hydrogen) atoms. The van der Waals surface area contributed by atoms with Crippen molar-refractivity contribution in [3.05, 3.63) is 35.9 Å². The summed E-state index contributed by atoms with van der Waals surface area (Å²) in [7, 11) is 0. The van der Waals surface area contributed by atoms with Gasteiger partial charge in [-0.05, 0) is 36.4 Å². The molecule has 0 radical (unpaired) electrons. The summed E-state index contributed by atoms with van der Waals surface area (Å²) in [5, 5.41) is 0. The van der Waals surface area contributed by atoms with E-state index in [1.807, 2.05) is 30.3 Å². The third-order valence-corrected chi connectivity index (χ3v) is 1.98. The predicted molar refractivity (Wildman–Crippen MR) is 57.6 cm³/mol. The van der Waals surface area contributed by atoms with Crippen LogP contribution < -0.4 is 0 Å². The molecule has 0 saturated heterocycles. The van der Waals surface area contributed by atoms with Crippen LogP contribution in [-0.2, 0) is 0 Å². The van der Waals surface area contributed by atoms with E-state index in [-0.39, 0.29) is 0 Å². The first-order valence-electron chi connectivity index (χ1n) is 4.55.